The molecule has 1 fully saturated rings. The zero-order chi connectivity index (χ0) is 12.2. The van der Waals surface area contributed by atoms with Gasteiger partial charge >= 0.3 is 0 Å². The summed E-state index contributed by atoms with van der Waals surface area (Å²) in [7, 11) is 0. The summed E-state index contributed by atoms with van der Waals surface area (Å²) in [5.41, 5.74) is -0.819. The van der Waals surface area contributed by atoms with E-state index < -0.39 is 5.60 Å². The molecule has 1 rings (SSSR count). The van der Waals surface area contributed by atoms with Crippen LogP contribution in [-0.2, 0) is 4.79 Å². The molecule has 4 heteroatoms. The highest BCUT2D eigenvalue weighted by molar-refractivity contribution is 5.82. The maximum absolute atomic E-state index is 12.2. The van der Waals surface area contributed by atoms with Crippen molar-refractivity contribution in [3.8, 4) is 0 Å². The second-order valence-corrected chi connectivity index (χ2v) is 5.17. The van der Waals surface area contributed by atoms with E-state index in [9.17, 15) is 9.90 Å². The number of hydrogen-bond donors (Lipinski definition) is 2. The zero-order valence-electron chi connectivity index (χ0n) is 10.6. The monoisotopic (exact) mass is 228 g/mol. The molecule has 16 heavy (non-hydrogen) atoms. The van der Waals surface area contributed by atoms with E-state index in [1.165, 1.54) is 0 Å². The van der Waals surface area contributed by atoms with E-state index in [0.29, 0.717) is 13.1 Å². The van der Waals surface area contributed by atoms with Crippen LogP contribution in [-0.4, -0.2) is 47.2 Å². The van der Waals surface area contributed by atoms with Crippen LogP contribution >= 0.6 is 0 Å². The fourth-order valence-corrected chi connectivity index (χ4v) is 2.10. The number of likely N-dealkylation sites (N-methyl/N-ethyl adjacent to an activating group) is 1. The Hall–Kier alpha value is -0.610. The van der Waals surface area contributed by atoms with Gasteiger partial charge in [0, 0.05) is 13.1 Å². The number of amides is 1. The predicted octanol–water partition coefficient (Wildman–Crippen LogP) is 0.748. The van der Waals surface area contributed by atoms with E-state index in [-0.39, 0.29) is 11.9 Å². The van der Waals surface area contributed by atoms with Crippen molar-refractivity contribution in [3.63, 3.8) is 0 Å². The van der Waals surface area contributed by atoms with Gasteiger partial charge in [-0.3, -0.25) is 4.79 Å². The first-order chi connectivity index (χ1) is 7.44. The second-order valence-electron chi connectivity index (χ2n) is 5.17. The first kappa shape index (κ1) is 13.5. The molecular weight excluding hydrogens is 204 g/mol. The maximum atomic E-state index is 12.2. The number of carbonyl (C=O) groups excluding carboxylic acids is 1. The van der Waals surface area contributed by atoms with E-state index in [0.717, 1.165) is 25.8 Å². The second kappa shape index (κ2) is 5.64. The van der Waals surface area contributed by atoms with Crippen LogP contribution in [0.5, 0.6) is 0 Å². The molecule has 1 aliphatic rings. The average Bonchev–Trinajstić information content (AvgIpc) is 2.25. The molecule has 1 aliphatic heterocycles. The summed E-state index contributed by atoms with van der Waals surface area (Å²) in [4.78, 5) is 13.9. The summed E-state index contributed by atoms with van der Waals surface area (Å²) in [6, 6.07) is -0.0453. The molecule has 4 nitrogen and oxygen atoms in total. The fourth-order valence-electron chi connectivity index (χ4n) is 2.10. The average molecular weight is 228 g/mol. The molecule has 0 aromatic rings. The van der Waals surface area contributed by atoms with Gasteiger partial charge in [-0.15, -0.1) is 0 Å². The Morgan fingerprint density at radius 2 is 2.19 bits per heavy atom. The molecular formula is C12H24N2O2. The lowest BCUT2D eigenvalue weighted by Crippen LogP contribution is -2.51. The van der Waals surface area contributed by atoms with Crippen LogP contribution in [0.4, 0.5) is 0 Å². The molecule has 0 aromatic carbocycles. The zero-order valence-corrected chi connectivity index (χ0v) is 10.6. The lowest BCUT2D eigenvalue weighted by atomic mass is 10.0. The largest absolute Gasteiger partial charge is 0.389 e. The van der Waals surface area contributed by atoms with Crippen LogP contribution in [0.15, 0.2) is 0 Å². The number of hydrogen-bond acceptors (Lipinski definition) is 3. The van der Waals surface area contributed by atoms with Crippen molar-refractivity contribution in [2.24, 2.45) is 0 Å². The molecule has 0 aliphatic carbocycles. The third-order valence-corrected chi connectivity index (χ3v) is 2.88. The smallest absolute Gasteiger partial charge is 0.239 e. The number of rotatable bonds is 4. The third kappa shape index (κ3) is 4.10. The highest BCUT2D eigenvalue weighted by Gasteiger charge is 2.27. The van der Waals surface area contributed by atoms with Gasteiger partial charge < -0.3 is 15.3 Å². The normalized spacial score (nSPS) is 21.9. The number of aliphatic hydroxyl groups is 1. The molecule has 0 spiro atoms. The molecule has 0 unspecified atom stereocenters. The van der Waals surface area contributed by atoms with E-state index in [4.69, 9.17) is 0 Å². The van der Waals surface area contributed by atoms with Gasteiger partial charge in [-0.25, -0.2) is 0 Å². The van der Waals surface area contributed by atoms with E-state index in [2.05, 4.69) is 5.32 Å². The number of nitrogens with zero attached hydrogens (tertiary/aromatic N) is 1. The lowest BCUT2D eigenvalue weighted by molar-refractivity contribution is -0.136. The van der Waals surface area contributed by atoms with E-state index in [1.807, 2.05) is 6.92 Å². The minimum absolute atomic E-state index is 0.0453. The summed E-state index contributed by atoms with van der Waals surface area (Å²) in [5, 5.41) is 13.0. The van der Waals surface area contributed by atoms with Crippen LogP contribution in [0.1, 0.15) is 40.0 Å². The Labute approximate surface area is 98.0 Å². The minimum Gasteiger partial charge on any atom is -0.389 e. The van der Waals surface area contributed by atoms with Crippen molar-refractivity contribution in [1.29, 1.82) is 0 Å². The van der Waals surface area contributed by atoms with Crippen molar-refractivity contribution >= 4 is 5.91 Å². The standard InChI is InChI=1S/C12H24N2O2/c1-4-14(9-12(2,3)16)11(15)10-7-5-6-8-13-10/h10,13,16H,4-9H2,1-3H3/t10-/m1/s1. The molecule has 0 aromatic heterocycles. The summed E-state index contributed by atoms with van der Waals surface area (Å²) < 4.78 is 0. The van der Waals surface area contributed by atoms with Gasteiger partial charge in [0.05, 0.1) is 11.6 Å². The molecule has 1 saturated heterocycles. The van der Waals surface area contributed by atoms with Gasteiger partial charge in [0.2, 0.25) is 5.91 Å². The minimum atomic E-state index is -0.819. The molecule has 1 atom stereocenters. The number of piperidine rings is 1. The highest BCUT2D eigenvalue weighted by Crippen LogP contribution is 2.12. The van der Waals surface area contributed by atoms with E-state index in [1.54, 1.807) is 18.7 Å². The van der Waals surface area contributed by atoms with Gasteiger partial charge in [0.1, 0.15) is 0 Å². The Morgan fingerprint density at radius 3 is 2.62 bits per heavy atom. The molecule has 1 amide bonds. The Balaban J connectivity index is 2.54. The summed E-state index contributed by atoms with van der Waals surface area (Å²) in [6.07, 6.45) is 3.19. The van der Waals surface area contributed by atoms with Gasteiger partial charge in [-0.1, -0.05) is 6.42 Å². The highest BCUT2D eigenvalue weighted by atomic mass is 16.3. The molecule has 0 radical (unpaired) electrons. The topological polar surface area (TPSA) is 52.6 Å². The SMILES string of the molecule is CCN(CC(C)(C)O)C(=O)[C@H]1CCCCN1. The van der Waals surface area contributed by atoms with Crippen molar-refractivity contribution in [1.82, 2.24) is 10.2 Å². The van der Waals surface area contributed by atoms with Crippen molar-refractivity contribution in [3.05, 3.63) is 0 Å². The van der Waals surface area contributed by atoms with Crippen LogP contribution in [0.2, 0.25) is 0 Å². The molecule has 2 N–H and O–H groups in total. The van der Waals surface area contributed by atoms with Crippen molar-refractivity contribution in [2.75, 3.05) is 19.6 Å². The Kier molecular flexibility index (Phi) is 4.74. The van der Waals surface area contributed by atoms with E-state index >= 15 is 0 Å². The van der Waals surface area contributed by atoms with Crippen LogP contribution in [0, 0.1) is 0 Å². The van der Waals surface area contributed by atoms with Gasteiger partial charge in [0.25, 0.3) is 0 Å². The fraction of sp³-hybridized carbons (Fsp3) is 0.917. The number of nitrogens with one attached hydrogen (secondary N) is 1. The quantitative estimate of drug-likeness (QED) is 0.746. The van der Waals surface area contributed by atoms with Crippen molar-refractivity contribution in [2.45, 2.75) is 51.7 Å². The summed E-state index contributed by atoms with van der Waals surface area (Å²) in [5.74, 6) is 0.129. The Bertz CT molecular complexity index is 230. The molecule has 1 heterocycles. The first-order valence-corrected chi connectivity index (χ1v) is 6.18. The maximum Gasteiger partial charge on any atom is 0.239 e. The Morgan fingerprint density at radius 1 is 1.50 bits per heavy atom. The van der Waals surface area contributed by atoms with Crippen LogP contribution in [0.25, 0.3) is 0 Å². The third-order valence-electron chi connectivity index (χ3n) is 2.88. The van der Waals surface area contributed by atoms with Crippen LogP contribution in [0.3, 0.4) is 0 Å². The van der Waals surface area contributed by atoms with Gasteiger partial charge in [0.15, 0.2) is 0 Å². The van der Waals surface area contributed by atoms with Gasteiger partial charge in [-0.2, -0.15) is 0 Å². The number of carbonyl (C=O) groups is 1. The summed E-state index contributed by atoms with van der Waals surface area (Å²) in [6.45, 7) is 7.40. The lowest BCUT2D eigenvalue weighted by Gasteiger charge is -2.32. The molecule has 0 saturated carbocycles. The summed E-state index contributed by atoms with van der Waals surface area (Å²) >= 11 is 0. The first-order valence-electron chi connectivity index (χ1n) is 6.18. The van der Waals surface area contributed by atoms with Crippen LogP contribution < -0.4 is 5.32 Å². The molecule has 0 bridgehead atoms. The predicted molar refractivity (Wildman–Crippen MR) is 64.2 cm³/mol. The molecule has 94 valence electrons. The van der Waals surface area contributed by atoms with Crippen molar-refractivity contribution < 1.29 is 9.90 Å². The van der Waals surface area contributed by atoms with Gasteiger partial charge in [-0.05, 0) is 40.2 Å².